The van der Waals surface area contributed by atoms with Gasteiger partial charge in [-0.1, -0.05) is 0 Å². The third-order valence-corrected chi connectivity index (χ3v) is 4.82. The smallest absolute Gasteiger partial charge is 0.123 e. The molecule has 1 aromatic carbocycles. The fraction of sp³-hybridized carbons (Fsp3) is 0.318. The number of aldehydes is 1. The van der Waals surface area contributed by atoms with Gasteiger partial charge in [-0.2, -0.15) is 0 Å². The molecular formula is C22H25FN4O. The highest BCUT2D eigenvalue weighted by Crippen LogP contribution is 2.33. The van der Waals surface area contributed by atoms with Crippen molar-refractivity contribution >= 4 is 6.29 Å². The third kappa shape index (κ3) is 4.70. The number of aromatic amines is 1. The van der Waals surface area contributed by atoms with E-state index in [2.05, 4.69) is 21.9 Å². The average molecular weight is 380 g/mol. The number of carbonyl (C=O) groups excluding carboxylic acids is 1. The van der Waals surface area contributed by atoms with E-state index in [1.165, 1.54) is 25.5 Å². The number of carbonyl (C=O) groups is 1. The van der Waals surface area contributed by atoms with Gasteiger partial charge in [0, 0.05) is 36.0 Å². The van der Waals surface area contributed by atoms with Crippen molar-refractivity contribution in [3.05, 3.63) is 60.4 Å². The Morgan fingerprint density at radius 1 is 1.14 bits per heavy atom. The van der Waals surface area contributed by atoms with Crippen molar-refractivity contribution in [1.82, 2.24) is 19.9 Å². The topological polar surface area (TPSA) is 61.9 Å². The summed E-state index contributed by atoms with van der Waals surface area (Å²) in [5, 5.41) is 0. The normalized spacial score (nSPS) is 16.9. The van der Waals surface area contributed by atoms with Crippen molar-refractivity contribution in [2.75, 3.05) is 20.1 Å². The van der Waals surface area contributed by atoms with Gasteiger partial charge in [0.25, 0.3) is 0 Å². The Morgan fingerprint density at radius 2 is 1.82 bits per heavy atom. The van der Waals surface area contributed by atoms with E-state index in [-0.39, 0.29) is 5.82 Å². The lowest BCUT2D eigenvalue weighted by Crippen LogP contribution is -2.31. The van der Waals surface area contributed by atoms with E-state index in [1.807, 2.05) is 12.1 Å². The number of nitrogens with one attached hydrogen (secondary N) is 1. The van der Waals surface area contributed by atoms with E-state index in [0.29, 0.717) is 5.92 Å². The third-order valence-electron chi connectivity index (χ3n) is 4.82. The van der Waals surface area contributed by atoms with Crippen LogP contribution < -0.4 is 0 Å². The van der Waals surface area contributed by atoms with Gasteiger partial charge in [0.05, 0.1) is 11.4 Å². The molecule has 6 heteroatoms. The van der Waals surface area contributed by atoms with Crippen LogP contribution in [0.5, 0.6) is 0 Å². The monoisotopic (exact) mass is 380 g/mol. The van der Waals surface area contributed by atoms with E-state index >= 15 is 0 Å². The van der Waals surface area contributed by atoms with E-state index in [1.54, 1.807) is 24.5 Å². The molecule has 2 aromatic heterocycles. The molecule has 1 saturated heterocycles. The standard InChI is InChI=1S/C20H21FN4.C2H4O/c1-25-12-2-3-16(13-25)20-23-18(14-4-6-17(21)7-5-14)19(24-20)15-8-10-22-11-9-15;1-2-3/h4-11,16H,2-3,12-13H2,1H3,(H,23,24);2H,1H3. The molecule has 0 saturated carbocycles. The van der Waals surface area contributed by atoms with Crippen LogP contribution in [0.15, 0.2) is 48.8 Å². The predicted molar refractivity (Wildman–Crippen MR) is 108 cm³/mol. The van der Waals surface area contributed by atoms with Crippen LogP contribution in [-0.4, -0.2) is 46.3 Å². The van der Waals surface area contributed by atoms with Crippen LogP contribution in [0.1, 0.15) is 31.5 Å². The van der Waals surface area contributed by atoms with Gasteiger partial charge in [0.15, 0.2) is 0 Å². The summed E-state index contributed by atoms with van der Waals surface area (Å²) in [6, 6.07) is 10.5. The van der Waals surface area contributed by atoms with Crippen molar-refractivity contribution in [1.29, 1.82) is 0 Å². The van der Waals surface area contributed by atoms with Gasteiger partial charge in [0.1, 0.15) is 17.9 Å². The van der Waals surface area contributed by atoms with Crippen LogP contribution in [0, 0.1) is 5.82 Å². The maximum absolute atomic E-state index is 13.3. The number of pyridine rings is 1. The number of aromatic nitrogens is 3. The summed E-state index contributed by atoms with van der Waals surface area (Å²) in [6.07, 6.45) is 6.62. The largest absolute Gasteiger partial charge is 0.341 e. The van der Waals surface area contributed by atoms with Crippen LogP contribution in [-0.2, 0) is 4.79 Å². The minimum Gasteiger partial charge on any atom is -0.341 e. The zero-order chi connectivity index (χ0) is 19.9. The molecule has 0 bridgehead atoms. The lowest BCUT2D eigenvalue weighted by atomic mass is 9.98. The number of H-pyrrole nitrogens is 1. The Balaban J connectivity index is 0.000000706. The van der Waals surface area contributed by atoms with E-state index < -0.39 is 0 Å². The Bertz CT molecular complexity index is 893. The molecule has 0 amide bonds. The molecule has 3 aromatic rings. The summed E-state index contributed by atoms with van der Waals surface area (Å²) in [7, 11) is 2.15. The zero-order valence-electron chi connectivity index (χ0n) is 16.2. The first kappa shape index (κ1) is 19.9. The summed E-state index contributed by atoms with van der Waals surface area (Å²) in [5.41, 5.74) is 3.80. The number of piperidine rings is 1. The lowest BCUT2D eigenvalue weighted by molar-refractivity contribution is -0.106. The maximum atomic E-state index is 13.3. The van der Waals surface area contributed by atoms with Crippen LogP contribution in [0.25, 0.3) is 22.5 Å². The highest BCUT2D eigenvalue weighted by Gasteiger charge is 2.24. The quantitative estimate of drug-likeness (QED) is 0.689. The molecule has 1 N–H and O–H groups in total. The molecule has 0 spiro atoms. The highest BCUT2D eigenvalue weighted by atomic mass is 19.1. The van der Waals surface area contributed by atoms with Gasteiger partial charge in [-0.25, -0.2) is 9.37 Å². The number of hydrogen-bond donors (Lipinski definition) is 1. The second-order valence-corrected chi connectivity index (χ2v) is 6.93. The fourth-order valence-electron chi connectivity index (χ4n) is 3.52. The molecule has 1 aliphatic rings. The second-order valence-electron chi connectivity index (χ2n) is 6.93. The van der Waals surface area contributed by atoms with Gasteiger partial charge >= 0.3 is 0 Å². The minimum atomic E-state index is -0.237. The van der Waals surface area contributed by atoms with Crippen molar-refractivity contribution in [3.63, 3.8) is 0 Å². The number of likely N-dealkylation sites (N-methyl/N-ethyl adjacent to an activating group) is 1. The summed E-state index contributed by atoms with van der Waals surface area (Å²) in [5.74, 6) is 1.17. The minimum absolute atomic E-state index is 0.237. The molecular weight excluding hydrogens is 355 g/mol. The SMILES string of the molecule is CC=O.CN1CCCC(c2nc(-c3ccc(F)cc3)c(-c3ccncc3)[nH]2)C1. The van der Waals surface area contributed by atoms with Crippen molar-refractivity contribution in [3.8, 4) is 22.5 Å². The van der Waals surface area contributed by atoms with Gasteiger partial charge in [0.2, 0.25) is 0 Å². The molecule has 0 radical (unpaired) electrons. The Labute approximate surface area is 164 Å². The molecule has 1 fully saturated rings. The zero-order valence-corrected chi connectivity index (χ0v) is 16.2. The van der Waals surface area contributed by atoms with E-state index in [0.717, 1.165) is 54.1 Å². The first-order valence-electron chi connectivity index (χ1n) is 9.47. The van der Waals surface area contributed by atoms with Crippen molar-refractivity contribution in [2.24, 2.45) is 0 Å². The Morgan fingerprint density at radius 3 is 2.46 bits per heavy atom. The van der Waals surface area contributed by atoms with Crippen LogP contribution >= 0.6 is 0 Å². The Hall–Kier alpha value is -2.86. The Kier molecular flexibility index (Phi) is 6.66. The van der Waals surface area contributed by atoms with Gasteiger partial charge < -0.3 is 14.7 Å². The number of likely N-dealkylation sites (tertiary alicyclic amines) is 1. The van der Waals surface area contributed by atoms with E-state index in [4.69, 9.17) is 9.78 Å². The molecule has 4 rings (SSSR count). The average Bonchev–Trinajstić information content (AvgIpc) is 3.15. The molecule has 1 atom stereocenters. The first-order chi connectivity index (χ1) is 13.6. The predicted octanol–water partition coefficient (Wildman–Crippen LogP) is 4.29. The lowest BCUT2D eigenvalue weighted by Gasteiger charge is -2.28. The van der Waals surface area contributed by atoms with Gasteiger partial charge in [-0.05, 0) is 69.8 Å². The number of imidazole rings is 1. The second kappa shape index (κ2) is 9.37. The summed E-state index contributed by atoms with van der Waals surface area (Å²) in [4.78, 5) is 23.7. The maximum Gasteiger partial charge on any atom is 0.123 e. The number of nitrogens with zero attached hydrogens (tertiary/aromatic N) is 3. The molecule has 1 aliphatic heterocycles. The summed E-state index contributed by atoms with van der Waals surface area (Å²) < 4.78 is 13.3. The van der Waals surface area contributed by atoms with Crippen LogP contribution in [0.3, 0.4) is 0 Å². The molecule has 0 aliphatic carbocycles. The molecule has 5 nitrogen and oxygen atoms in total. The number of rotatable bonds is 3. The molecule has 3 heterocycles. The van der Waals surface area contributed by atoms with Crippen LogP contribution in [0.2, 0.25) is 0 Å². The summed E-state index contributed by atoms with van der Waals surface area (Å²) >= 11 is 0. The van der Waals surface area contributed by atoms with Gasteiger partial charge in [-0.3, -0.25) is 4.98 Å². The van der Waals surface area contributed by atoms with E-state index in [9.17, 15) is 4.39 Å². The molecule has 28 heavy (non-hydrogen) atoms. The fourth-order valence-corrected chi connectivity index (χ4v) is 3.52. The number of benzene rings is 1. The summed E-state index contributed by atoms with van der Waals surface area (Å²) in [6.45, 7) is 3.59. The van der Waals surface area contributed by atoms with Crippen molar-refractivity contribution in [2.45, 2.75) is 25.7 Å². The van der Waals surface area contributed by atoms with Crippen molar-refractivity contribution < 1.29 is 9.18 Å². The van der Waals surface area contributed by atoms with Gasteiger partial charge in [-0.15, -0.1) is 0 Å². The molecule has 146 valence electrons. The molecule has 1 unspecified atom stereocenters. The number of halogens is 1. The first-order valence-corrected chi connectivity index (χ1v) is 9.47. The van der Waals surface area contributed by atoms with Crippen LogP contribution in [0.4, 0.5) is 4.39 Å². The highest BCUT2D eigenvalue weighted by molar-refractivity contribution is 5.78. The number of hydrogen-bond acceptors (Lipinski definition) is 4.